The molecule has 2 rings (SSSR count). The maximum atomic E-state index is 6.22. The number of likely N-dealkylation sites (N-methyl/N-ethyl adjacent to an activating group) is 1. The van der Waals surface area contributed by atoms with Gasteiger partial charge in [0.25, 0.3) is 0 Å². The van der Waals surface area contributed by atoms with Crippen molar-refractivity contribution in [1.29, 1.82) is 0 Å². The molecule has 2 aromatic rings. The zero-order valence-corrected chi connectivity index (χ0v) is 13.0. The molecule has 0 bridgehead atoms. The van der Waals surface area contributed by atoms with Crippen molar-refractivity contribution in [2.24, 2.45) is 0 Å². The van der Waals surface area contributed by atoms with Crippen molar-refractivity contribution in [1.82, 2.24) is 15.3 Å². The van der Waals surface area contributed by atoms with E-state index in [2.05, 4.69) is 22.2 Å². The maximum absolute atomic E-state index is 6.22. The van der Waals surface area contributed by atoms with Crippen molar-refractivity contribution < 1.29 is 0 Å². The van der Waals surface area contributed by atoms with Gasteiger partial charge in [-0.1, -0.05) is 30.7 Å². The molecule has 106 valence electrons. The molecule has 4 heteroatoms. The predicted octanol–water partition coefficient (Wildman–Crippen LogP) is 3.57. The van der Waals surface area contributed by atoms with Gasteiger partial charge in [0, 0.05) is 17.0 Å². The van der Waals surface area contributed by atoms with E-state index in [0.29, 0.717) is 10.8 Å². The van der Waals surface area contributed by atoms with Gasteiger partial charge in [-0.15, -0.1) is 0 Å². The van der Waals surface area contributed by atoms with Gasteiger partial charge in [0.1, 0.15) is 0 Å². The standard InChI is InChI=1S/C16H20ClN3/c1-4-18-10-9-13-11(2)19-16(20-12(13)3)14-7-5-6-8-15(14)17/h5-8,18H,4,9-10H2,1-3H3. The molecule has 0 atom stereocenters. The minimum atomic E-state index is 0.687. The van der Waals surface area contributed by atoms with E-state index in [1.807, 2.05) is 38.1 Å². The van der Waals surface area contributed by atoms with Crippen LogP contribution < -0.4 is 5.32 Å². The molecule has 20 heavy (non-hydrogen) atoms. The Labute approximate surface area is 125 Å². The highest BCUT2D eigenvalue weighted by Gasteiger charge is 2.11. The van der Waals surface area contributed by atoms with Crippen LogP contribution in [0.4, 0.5) is 0 Å². The molecule has 0 spiro atoms. The molecule has 1 aromatic heterocycles. The molecule has 0 amide bonds. The average molecular weight is 290 g/mol. The van der Waals surface area contributed by atoms with Crippen molar-refractivity contribution >= 4 is 11.6 Å². The van der Waals surface area contributed by atoms with E-state index in [-0.39, 0.29) is 0 Å². The summed E-state index contributed by atoms with van der Waals surface area (Å²) < 4.78 is 0. The first-order valence-electron chi connectivity index (χ1n) is 6.93. The number of halogens is 1. The number of aryl methyl sites for hydroxylation is 2. The first-order chi connectivity index (χ1) is 9.63. The van der Waals surface area contributed by atoms with Crippen LogP contribution >= 0.6 is 11.6 Å². The number of benzene rings is 1. The molecule has 0 saturated carbocycles. The average Bonchev–Trinajstić information content (AvgIpc) is 2.42. The van der Waals surface area contributed by atoms with Gasteiger partial charge in [-0.25, -0.2) is 9.97 Å². The van der Waals surface area contributed by atoms with Gasteiger partial charge in [-0.05, 0) is 51.1 Å². The van der Waals surface area contributed by atoms with Crippen LogP contribution in [0.2, 0.25) is 5.02 Å². The SMILES string of the molecule is CCNCCc1c(C)nc(-c2ccccc2Cl)nc1C. The Morgan fingerprint density at radius 2 is 1.75 bits per heavy atom. The molecule has 0 aliphatic heterocycles. The Morgan fingerprint density at radius 3 is 2.35 bits per heavy atom. The highest BCUT2D eigenvalue weighted by molar-refractivity contribution is 6.33. The summed E-state index contributed by atoms with van der Waals surface area (Å²) in [4.78, 5) is 9.24. The topological polar surface area (TPSA) is 37.8 Å². The quantitative estimate of drug-likeness (QED) is 0.855. The van der Waals surface area contributed by atoms with Crippen LogP contribution in [0.15, 0.2) is 24.3 Å². The lowest BCUT2D eigenvalue weighted by Gasteiger charge is -2.12. The summed E-state index contributed by atoms with van der Waals surface area (Å²) in [5, 5.41) is 4.02. The van der Waals surface area contributed by atoms with Crippen LogP contribution in [0, 0.1) is 13.8 Å². The van der Waals surface area contributed by atoms with E-state index in [1.54, 1.807) is 0 Å². The van der Waals surface area contributed by atoms with Gasteiger partial charge in [0.2, 0.25) is 0 Å². The molecule has 0 aliphatic rings. The summed E-state index contributed by atoms with van der Waals surface area (Å²) >= 11 is 6.22. The Morgan fingerprint density at radius 1 is 1.10 bits per heavy atom. The molecule has 0 saturated heterocycles. The second-order valence-corrected chi connectivity index (χ2v) is 5.19. The third kappa shape index (κ3) is 3.35. The second-order valence-electron chi connectivity index (χ2n) is 4.78. The summed E-state index contributed by atoms with van der Waals surface area (Å²) in [6.45, 7) is 8.12. The Balaban J connectivity index is 2.33. The summed E-state index contributed by atoms with van der Waals surface area (Å²) in [6, 6.07) is 7.68. The van der Waals surface area contributed by atoms with Gasteiger partial charge in [0.15, 0.2) is 5.82 Å². The minimum absolute atomic E-state index is 0.687. The molecule has 1 aromatic carbocycles. The van der Waals surface area contributed by atoms with E-state index in [9.17, 15) is 0 Å². The highest BCUT2D eigenvalue weighted by atomic mass is 35.5. The fourth-order valence-corrected chi connectivity index (χ4v) is 2.47. The van der Waals surface area contributed by atoms with E-state index < -0.39 is 0 Å². The number of hydrogen-bond acceptors (Lipinski definition) is 3. The number of hydrogen-bond donors (Lipinski definition) is 1. The summed E-state index contributed by atoms with van der Waals surface area (Å²) in [6.07, 6.45) is 0.953. The lowest BCUT2D eigenvalue weighted by Crippen LogP contribution is -2.17. The van der Waals surface area contributed by atoms with Crippen LogP contribution in [0.1, 0.15) is 23.9 Å². The van der Waals surface area contributed by atoms with Crippen LogP contribution in [-0.4, -0.2) is 23.1 Å². The molecule has 3 nitrogen and oxygen atoms in total. The van der Waals surface area contributed by atoms with Crippen LogP contribution in [0.3, 0.4) is 0 Å². The number of aromatic nitrogens is 2. The molecule has 0 aliphatic carbocycles. The van der Waals surface area contributed by atoms with Crippen LogP contribution in [0.5, 0.6) is 0 Å². The largest absolute Gasteiger partial charge is 0.317 e. The Kier molecular flexibility index (Phi) is 5.10. The smallest absolute Gasteiger partial charge is 0.161 e. The minimum Gasteiger partial charge on any atom is -0.317 e. The van der Waals surface area contributed by atoms with Gasteiger partial charge in [-0.2, -0.15) is 0 Å². The molecule has 0 fully saturated rings. The van der Waals surface area contributed by atoms with Gasteiger partial charge in [-0.3, -0.25) is 0 Å². The lowest BCUT2D eigenvalue weighted by molar-refractivity contribution is 0.708. The lowest BCUT2D eigenvalue weighted by atomic mass is 10.1. The van der Waals surface area contributed by atoms with E-state index >= 15 is 0 Å². The van der Waals surface area contributed by atoms with Crippen LogP contribution in [0.25, 0.3) is 11.4 Å². The molecular formula is C16H20ClN3. The van der Waals surface area contributed by atoms with Gasteiger partial charge < -0.3 is 5.32 Å². The predicted molar refractivity (Wildman–Crippen MR) is 84.2 cm³/mol. The zero-order valence-electron chi connectivity index (χ0n) is 12.2. The van der Waals surface area contributed by atoms with Crippen molar-refractivity contribution in [3.8, 4) is 11.4 Å². The van der Waals surface area contributed by atoms with E-state index in [0.717, 1.165) is 36.5 Å². The molecule has 0 unspecified atom stereocenters. The molecular weight excluding hydrogens is 270 g/mol. The fourth-order valence-electron chi connectivity index (χ4n) is 2.25. The summed E-state index contributed by atoms with van der Waals surface area (Å²) in [7, 11) is 0. The maximum Gasteiger partial charge on any atom is 0.161 e. The molecule has 1 heterocycles. The Hall–Kier alpha value is -1.45. The van der Waals surface area contributed by atoms with E-state index in [4.69, 9.17) is 11.6 Å². The third-order valence-corrected chi connectivity index (χ3v) is 3.67. The summed E-state index contributed by atoms with van der Waals surface area (Å²) in [5.74, 6) is 0.706. The fraction of sp³-hybridized carbons (Fsp3) is 0.375. The number of nitrogens with zero attached hydrogens (tertiary/aromatic N) is 2. The van der Waals surface area contributed by atoms with Gasteiger partial charge in [0.05, 0.1) is 5.02 Å². The highest BCUT2D eigenvalue weighted by Crippen LogP contribution is 2.26. The Bertz CT molecular complexity index is 573. The molecule has 1 N–H and O–H groups in total. The second kappa shape index (κ2) is 6.82. The first-order valence-corrected chi connectivity index (χ1v) is 7.31. The van der Waals surface area contributed by atoms with Crippen molar-refractivity contribution in [3.05, 3.63) is 46.2 Å². The van der Waals surface area contributed by atoms with Crippen LogP contribution in [-0.2, 0) is 6.42 Å². The summed E-state index contributed by atoms with van der Waals surface area (Å²) in [5.41, 5.74) is 4.18. The molecule has 0 radical (unpaired) electrons. The van der Waals surface area contributed by atoms with Crippen molar-refractivity contribution in [3.63, 3.8) is 0 Å². The van der Waals surface area contributed by atoms with Crippen molar-refractivity contribution in [2.75, 3.05) is 13.1 Å². The number of nitrogens with one attached hydrogen (secondary N) is 1. The zero-order chi connectivity index (χ0) is 14.5. The van der Waals surface area contributed by atoms with E-state index in [1.165, 1.54) is 5.56 Å². The monoisotopic (exact) mass is 289 g/mol. The normalized spacial score (nSPS) is 10.8. The third-order valence-electron chi connectivity index (χ3n) is 3.34. The number of rotatable bonds is 5. The van der Waals surface area contributed by atoms with Gasteiger partial charge >= 0.3 is 0 Å². The first kappa shape index (κ1) is 14.9. The van der Waals surface area contributed by atoms with Crippen molar-refractivity contribution in [2.45, 2.75) is 27.2 Å².